The predicted molar refractivity (Wildman–Crippen MR) is 40.5 cm³/mol. The van der Waals surface area contributed by atoms with Gasteiger partial charge in [-0.1, -0.05) is 13.8 Å². The highest BCUT2D eigenvalue weighted by Gasteiger charge is 2.76. The number of rotatable bonds is 2. The molecule has 1 saturated carbocycles. The molecule has 1 rings (SSSR count). The van der Waals surface area contributed by atoms with Crippen molar-refractivity contribution in [3.8, 4) is 0 Å². The molecule has 0 radical (unpaired) electrons. The molecule has 2 atom stereocenters. The third-order valence-electron chi connectivity index (χ3n) is 3.04. The fourth-order valence-electron chi connectivity index (χ4n) is 1.92. The third kappa shape index (κ3) is 1.47. The van der Waals surface area contributed by atoms with Crippen LogP contribution in [-0.4, -0.2) is 23.0 Å². The van der Waals surface area contributed by atoms with Crippen LogP contribution in [0.1, 0.15) is 20.8 Å². The summed E-state index contributed by atoms with van der Waals surface area (Å²) in [5.41, 5.74) is -2.65. The lowest BCUT2D eigenvalue weighted by atomic mass is 10.1. The Kier molecular flexibility index (Phi) is 2.12. The highest BCUT2D eigenvalue weighted by Crippen LogP contribution is 2.65. The molecule has 0 aliphatic heterocycles. The molecule has 0 bridgehead atoms. The Morgan fingerprint density at radius 2 is 1.79 bits per heavy atom. The number of hydrogen-bond donors (Lipinski definition) is 1. The fourth-order valence-corrected chi connectivity index (χ4v) is 1.92. The van der Waals surface area contributed by atoms with Gasteiger partial charge in [0.1, 0.15) is 0 Å². The Hall–Kier alpha value is -0.780. The van der Waals surface area contributed by atoms with Crippen LogP contribution in [0.25, 0.3) is 0 Å². The second-order valence-corrected chi connectivity index (χ2v) is 4.15. The zero-order valence-electron chi connectivity index (χ0n) is 7.97. The predicted octanol–water partition coefficient (Wildman–Crippen LogP) is 2.02. The summed E-state index contributed by atoms with van der Waals surface area (Å²) in [6, 6.07) is 0. The molecule has 2 unspecified atom stereocenters. The molecule has 0 heterocycles. The molecule has 0 aromatic heterocycles. The SMILES string of the molecule is CC1(C)C(C(=O)O)C1(C)OC(F)(F)F. The fraction of sp³-hybridized carbons (Fsp3) is 0.875. The monoisotopic (exact) mass is 212 g/mol. The highest BCUT2D eigenvalue weighted by molar-refractivity contribution is 5.77. The molecule has 14 heavy (non-hydrogen) atoms. The molecule has 0 aromatic carbocycles. The first kappa shape index (κ1) is 11.3. The van der Waals surface area contributed by atoms with Crippen molar-refractivity contribution in [3.63, 3.8) is 0 Å². The molecule has 0 amide bonds. The normalized spacial score (nSPS) is 35.4. The first-order valence-corrected chi connectivity index (χ1v) is 4.02. The van der Waals surface area contributed by atoms with E-state index in [2.05, 4.69) is 4.74 Å². The summed E-state index contributed by atoms with van der Waals surface area (Å²) in [6.45, 7) is 4.05. The van der Waals surface area contributed by atoms with Crippen molar-refractivity contribution in [1.29, 1.82) is 0 Å². The second kappa shape index (κ2) is 2.62. The lowest BCUT2D eigenvalue weighted by Gasteiger charge is -2.17. The van der Waals surface area contributed by atoms with Crippen LogP contribution >= 0.6 is 0 Å². The van der Waals surface area contributed by atoms with Gasteiger partial charge in [0.2, 0.25) is 0 Å². The number of aliphatic carboxylic acids is 1. The maximum Gasteiger partial charge on any atom is 0.523 e. The molecule has 82 valence electrons. The summed E-state index contributed by atoms with van der Waals surface area (Å²) >= 11 is 0. The smallest absolute Gasteiger partial charge is 0.481 e. The van der Waals surface area contributed by atoms with Crippen molar-refractivity contribution < 1.29 is 27.8 Å². The topological polar surface area (TPSA) is 46.5 Å². The number of ether oxygens (including phenoxy) is 1. The average molecular weight is 212 g/mol. The van der Waals surface area contributed by atoms with E-state index in [0.29, 0.717) is 0 Å². The number of hydrogen-bond acceptors (Lipinski definition) is 2. The van der Waals surface area contributed by atoms with Gasteiger partial charge in [-0.15, -0.1) is 13.2 Å². The Balaban J connectivity index is 2.84. The van der Waals surface area contributed by atoms with Gasteiger partial charge in [0.25, 0.3) is 0 Å². The Bertz CT molecular complexity index is 271. The highest BCUT2D eigenvalue weighted by atomic mass is 19.4. The van der Waals surface area contributed by atoms with Crippen LogP contribution in [0, 0.1) is 11.3 Å². The molecule has 1 aliphatic rings. The van der Waals surface area contributed by atoms with Gasteiger partial charge < -0.3 is 5.11 Å². The molecular weight excluding hydrogens is 201 g/mol. The molecule has 3 nitrogen and oxygen atoms in total. The zero-order chi connectivity index (χ0) is 11.4. The van der Waals surface area contributed by atoms with Crippen molar-refractivity contribution in [2.45, 2.75) is 32.7 Å². The van der Waals surface area contributed by atoms with Crippen molar-refractivity contribution in [3.05, 3.63) is 0 Å². The van der Waals surface area contributed by atoms with Crippen molar-refractivity contribution in [1.82, 2.24) is 0 Å². The quantitative estimate of drug-likeness (QED) is 0.761. The van der Waals surface area contributed by atoms with E-state index in [9.17, 15) is 18.0 Å². The number of halogens is 3. The van der Waals surface area contributed by atoms with Gasteiger partial charge in [-0.05, 0) is 6.92 Å². The van der Waals surface area contributed by atoms with E-state index in [0.717, 1.165) is 0 Å². The van der Waals surface area contributed by atoms with E-state index in [4.69, 9.17) is 5.11 Å². The van der Waals surface area contributed by atoms with Gasteiger partial charge in [0.05, 0.1) is 11.5 Å². The van der Waals surface area contributed by atoms with Gasteiger partial charge >= 0.3 is 12.3 Å². The standard InChI is InChI=1S/C8H11F3O3/c1-6(2)4(5(12)13)7(6,3)14-8(9,10)11/h4H,1-3H3,(H,12,13). The molecule has 1 fully saturated rings. The minimum absolute atomic E-state index is 0.992. The number of carboxylic acid groups (broad SMARTS) is 1. The van der Waals surface area contributed by atoms with Gasteiger partial charge in [0, 0.05) is 5.41 Å². The first-order chi connectivity index (χ1) is 6.02. The third-order valence-corrected chi connectivity index (χ3v) is 3.04. The van der Waals surface area contributed by atoms with Crippen LogP contribution < -0.4 is 0 Å². The van der Waals surface area contributed by atoms with Gasteiger partial charge in [-0.2, -0.15) is 0 Å². The Labute approximate surface area is 78.9 Å². The Morgan fingerprint density at radius 1 is 1.36 bits per heavy atom. The van der Waals surface area contributed by atoms with Gasteiger partial charge in [-0.25, -0.2) is 0 Å². The lowest BCUT2D eigenvalue weighted by Crippen LogP contribution is -2.28. The summed E-state index contributed by atoms with van der Waals surface area (Å²) in [4.78, 5) is 10.6. The van der Waals surface area contributed by atoms with E-state index in [1.165, 1.54) is 20.8 Å². The van der Waals surface area contributed by atoms with Crippen molar-refractivity contribution in [2.24, 2.45) is 11.3 Å². The number of carboxylic acids is 1. The number of carbonyl (C=O) groups is 1. The van der Waals surface area contributed by atoms with Gasteiger partial charge in [-0.3, -0.25) is 9.53 Å². The molecule has 1 aliphatic carbocycles. The minimum Gasteiger partial charge on any atom is -0.481 e. The lowest BCUT2D eigenvalue weighted by molar-refractivity contribution is -0.352. The van der Waals surface area contributed by atoms with Crippen molar-refractivity contribution >= 4 is 5.97 Å². The van der Waals surface area contributed by atoms with Crippen LogP contribution in [0.4, 0.5) is 13.2 Å². The maximum atomic E-state index is 12.0. The molecule has 6 heteroatoms. The summed E-state index contributed by atoms with van der Waals surface area (Å²) in [5.74, 6) is -2.38. The molecule has 0 saturated heterocycles. The minimum atomic E-state index is -4.80. The molecular formula is C8H11F3O3. The van der Waals surface area contributed by atoms with Crippen LogP contribution in [0.3, 0.4) is 0 Å². The van der Waals surface area contributed by atoms with Crippen LogP contribution in [0.2, 0.25) is 0 Å². The zero-order valence-corrected chi connectivity index (χ0v) is 7.97. The van der Waals surface area contributed by atoms with E-state index >= 15 is 0 Å². The molecule has 0 spiro atoms. The Morgan fingerprint density at radius 3 is 2.00 bits per heavy atom. The second-order valence-electron chi connectivity index (χ2n) is 4.15. The number of alkyl halides is 3. The maximum absolute atomic E-state index is 12.0. The summed E-state index contributed by atoms with van der Waals surface area (Å²) < 4.78 is 39.7. The van der Waals surface area contributed by atoms with Crippen molar-refractivity contribution in [2.75, 3.05) is 0 Å². The van der Waals surface area contributed by atoms with Gasteiger partial charge in [0.15, 0.2) is 0 Å². The molecule has 1 N–H and O–H groups in total. The van der Waals surface area contributed by atoms with E-state index in [-0.39, 0.29) is 0 Å². The molecule has 0 aromatic rings. The summed E-state index contributed by atoms with van der Waals surface area (Å²) in [7, 11) is 0. The van der Waals surface area contributed by atoms with E-state index < -0.39 is 29.3 Å². The summed E-state index contributed by atoms with van der Waals surface area (Å²) in [6.07, 6.45) is -4.80. The largest absolute Gasteiger partial charge is 0.523 e. The average Bonchev–Trinajstić information content (AvgIpc) is 2.18. The van der Waals surface area contributed by atoms with E-state index in [1.54, 1.807) is 0 Å². The van der Waals surface area contributed by atoms with Crippen LogP contribution in [0.15, 0.2) is 0 Å². The van der Waals surface area contributed by atoms with E-state index in [1.807, 2.05) is 0 Å². The summed E-state index contributed by atoms with van der Waals surface area (Å²) in [5, 5.41) is 8.67. The first-order valence-electron chi connectivity index (χ1n) is 4.02. The van der Waals surface area contributed by atoms with Crippen LogP contribution in [0.5, 0.6) is 0 Å². The van der Waals surface area contributed by atoms with Crippen LogP contribution in [-0.2, 0) is 9.53 Å².